The summed E-state index contributed by atoms with van der Waals surface area (Å²) in [6.45, 7) is 3.63. The van der Waals surface area contributed by atoms with Gasteiger partial charge in [-0.15, -0.1) is 0 Å². The van der Waals surface area contributed by atoms with Gasteiger partial charge in [0.05, 0.1) is 12.0 Å². The molecule has 0 spiro atoms. The minimum absolute atomic E-state index is 0.0860. The Kier molecular flexibility index (Phi) is 5.08. The number of carbonyl (C=O) groups excluding carboxylic acids is 1. The molecule has 2 fully saturated rings. The lowest BCUT2D eigenvalue weighted by Crippen LogP contribution is -2.51. The van der Waals surface area contributed by atoms with Gasteiger partial charge in [0, 0.05) is 13.1 Å². The van der Waals surface area contributed by atoms with E-state index in [1.807, 2.05) is 0 Å². The molecule has 8 nitrogen and oxygen atoms in total. The van der Waals surface area contributed by atoms with E-state index in [1.165, 1.54) is 4.31 Å². The first-order valence-electron chi connectivity index (χ1n) is 8.95. The highest BCUT2D eigenvalue weighted by Crippen LogP contribution is 2.31. The number of amides is 1. The summed E-state index contributed by atoms with van der Waals surface area (Å²) in [7, 11) is -3.76. The van der Waals surface area contributed by atoms with E-state index in [0.717, 1.165) is 12.8 Å². The molecule has 1 unspecified atom stereocenters. The van der Waals surface area contributed by atoms with Crippen molar-refractivity contribution in [1.29, 1.82) is 5.26 Å². The summed E-state index contributed by atoms with van der Waals surface area (Å²) in [6.07, 6.45) is 4.36. The van der Waals surface area contributed by atoms with Gasteiger partial charge < -0.3 is 9.84 Å². The van der Waals surface area contributed by atoms with E-state index in [9.17, 15) is 18.5 Å². The number of aromatic nitrogens is 1. The zero-order chi connectivity index (χ0) is 18.9. The van der Waals surface area contributed by atoms with Crippen LogP contribution in [0.15, 0.2) is 9.42 Å². The van der Waals surface area contributed by atoms with Gasteiger partial charge in [-0.05, 0) is 52.4 Å². The Bertz CT molecular complexity index is 814. The van der Waals surface area contributed by atoms with Crippen LogP contribution >= 0.6 is 0 Å². The Labute approximate surface area is 153 Å². The summed E-state index contributed by atoms with van der Waals surface area (Å²) in [5.41, 5.74) is -0.469. The van der Waals surface area contributed by atoms with Gasteiger partial charge in [0.2, 0.25) is 15.9 Å². The monoisotopic (exact) mass is 380 g/mol. The Morgan fingerprint density at radius 3 is 2.62 bits per heavy atom. The maximum Gasteiger partial charge on any atom is 0.248 e. The third kappa shape index (κ3) is 3.35. The molecular formula is C17H24N4O4S. The average molecular weight is 380 g/mol. The van der Waals surface area contributed by atoms with Crippen molar-refractivity contribution in [3.8, 4) is 6.07 Å². The van der Waals surface area contributed by atoms with Crippen molar-refractivity contribution in [2.45, 2.75) is 62.8 Å². The van der Waals surface area contributed by atoms with Crippen LogP contribution in [-0.4, -0.2) is 42.4 Å². The molecule has 1 aromatic heterocycles. The van der Waals surface area contributed by atoms with Crippen molar-refractivity contribution in [2.75, 3.05) is 13.1 Å². The zero-order valence-corrected chi connectivity index (χ0v) is 15.9. The molecule has 2 aliphatic rings. The van der Waals surface area contributed by atoms with Crippen LogP contribution < -0.4 is 5.32 Å². The Morgan fingerprint density at radius 1 is 1.35 bits per heavy atom. The smallest absolute Gasteiger partial charge is 0.248 e. The summed E-state index contributed by atoms with van der Waals surface area (Å²) in [5, 5.41) is 16.1. The van der Waals surface area contributed by atoms with Crippen molar-refractivity contribution in [2.24, 2.45) is 5.92 Å². The largest absolute Gasteiger partial charge is 0.360 e. The molecule has 1 aromatic rings. The van der Waals surface area contributed by atoms with Gasteiger partial charge in [0.15, 0.2) is 5.76 Å². The lowest BCUT2D eigenvalue weighted by molar-refractivity contribution is -0.127. The van der Waals surface area contributed by atoms with Crippen LogP contribution in [0.1, 0.15) is 50.0 Å². The second-order valence-electron chi connectivity index (χ2n) is 7.25. The number of hydrogen-bond donors (Lipinski definition) is 1. The highest BCUT2D eigenvalue weighted by Gasteiger charge is 2.40. The molecule has 1 aliphatic heterocycles. The lowest BCUT2D eigenvalue weighted by atomic mass is 9.94. The normalized spacial score (nSPS) is 23.5. The second-order valence-corrected chi connectivity index (χ2v) is 9.12. The van der Waals surface area contributed by atoms with E-state index in [0.29, 0.717) is 37.9 Å². The summed E-state index contributed by atoms with van der Waals surface area (Å²) >= 11 is 0. The molecule has 1 saturated carbocycles. The van der Waals surface area contributed by atoms with E-state index in [2.05, 4.69) is 16.5 Å². The summed E-state index contributed by atoms with van der Waals surface area (Å²) in [4.78, 5) is 12.8. The van der Waals surface area contributed by atoms with Crippen LogP contribution in [0.4, 0.5) is 0 Å². The van der Waals surface area contributed by atoms with Crippen molar-refractivity contribution < 1.29 is 17.7 Å². The van der Waals surface area contributed by atoms with Crippen LogP contribution in [0.5, 0.6) is 0 Å². The molecule has 142 valence electrons. The zero-order valence-electron chi connectivity index (χ0n) is 15.1. The molecule has 1 saturated heterocycles. The summed E-state index contributed by atoms with van der Waals surface area (Å²) in [6, 6.07) is 2.24. The predicted molar refractivity (Wildman–Crippen MR) is 92.4 cm³/mol. The SMILES string of the molecule is Cc1noc(C)c1S(=O)(=O)N1CCCC(C(=O)NC2(C#N)CCCC2)C1. The number of rotatable bonds is 4. The van der Waals surface area contributed by atoms with Gasteiger partial charge in [0.1, 0.15) is 16.1 Å². The molecule has 0 bridgehead atoms. The van der Waals surface area contributed by atoms with Crippen LogP contribution in [0, 0.1) is 31.1 Å². The van der Waals surface area contributed by atoms with Crippen molar-refractivity contribution in [3.05, 3.63) is 11.5 Å². The molecule has 1 atom stereocenters. The number of hydrogen-bond acceptors (Lipinski definition) is 6. The van der Waals surface area contributed by atoms with Gasteiger partial charge in [-0.2, -0.15) is 9.57 Å². The molecule has 3 rings (SSSR count). The van der Waals surface area contributed by atoms with Gasteiger partial charge in [-0.25, -0.2) is 8.42 Å². The Hall–Kier alpha value is -1.92. The molecule has 0 radical (unpaired) electrons. The molecular weight excluding hydrogens is 356 g/mol. The Balaban J connectivity index is 1.75. The molecule has 1 aliphatic carbocycles. The number of sulfonamides is 1. The van der Waals surface area contributed by atoms with E-state index < -0.39 is 21.5 Å². The molecule has 2 heterocycles. The van der Waals surface area contributed by atoms with Gasteiger partial charge in [-0.3, -0.25) is 4.79 Å². The van der Waals surface area contributed by atoms with Crippen molar-refractivity contribution in [3.63, 3.8) is 0 Å². The number of nitrogens with zero attached hydrogens (tertiary/aromatic N) is 3. The molecule has 9 heteroatoms. The molecule has 1 amide bonds. The fraction of sp³-hybridized carbons (Fsp3) is 0.706. The number of piperidine rings is 1. The second kappa shape index (κ2) is 7.00. The van der Waals surface area contributed by atoms with Gasteiger partial charge in [-0.1, -0.05) is 5.16 Å². The topological polar surface area (TPSA) is 116 Å². The summed E-state index contributed by atoms with van der Waals surface area (Å²) < 4.78 is 32.3. The minimum atomic E-state index is -3.76. The first kappa shape index (κ1) is 18.9. The number of nitrogens with one attached hydrogen (secondary N) is 1. The van der Waals surface area contributed by atoms with Crippen LogP contribution in [0.3, 0.4) is 0 Å². The quantitative estimate of drug-likeness (QED) is 0.849. The predicted octanol–water partition coefficient (Wildman–Crippen LogP) is 1.64. The molecule has 26 heavy (non-hydrogen) atoms. The highest BCUT2D eigenvalue weighted by atomic mass is 32.2. The Morgan fingerprint density at radius 2 is 2.04 bits per heavy atom. The fourth-order valence-corrected chi connectivity index (χ4v) is 5.74. The number of aryl methyl sites for hydroxylation is 2. The van der Waals surface area contributed by atoms with E-state index in [1.54, 1.807) is 13.8 Å². The van der Waals surface area contributed by atoms with Crippen LogP contribution in [0.25, 0.3) is 0 Å². The minimum Gasteiger partial charge on any atom is -0.360 e. The van der Waals surface area contributed by atoms with Crippen molar-refractivity contribution >= 4 is 15.9 Å². The summed E-state index contributed by atoms with van der Waals surface area (Å²) in [5.74, 6) is -0.430. The van der Waals surface area contributed by atoms with Crippen LogP contribution in [0.2, 0.25) is 0 Å². The number of nitriles is 1. The maximum absolute atomic E-state index is 13.0. The van der Waals surface area contributed by atoms with E-state index in [4.69, 9.17) is 4.52 Å². The molecule has 1 N–H and O–H groups in total. The number of carbonyl (C=O) groups is 1. The van der Waals surface area contributed by atoms with Gasteiger partial charge >= 0.3 is 0 Å². The first-order valence-corrected chi connectivity index (χ1v) is 10.4. The van der Waals surface area contributed by atoms with E-state index >= 15 is 0 Å². The van der Waals surface area contributed by atoms with Crippen LogP contribution in [-0.2, 0) is 14.8 Å². The first-order chi connectivity index (χ1) is 12.3. The average Bonchev–Trinajstić information content (AvgIpc) is 3.22. The van der Waals surface area contributed by atoms with Gasteiger partial charge in [0.25, 0.3) is 0 Å². The van der Waals surface area contributed by atoms with Crippen molar-refractivity contribution in [1.82, 2.24) is 14.8 Å². The highest BCUT2D eigenvalue weighted by molar-refractivity contribution is 7.89. The standard InChI is InChI=1S/C17H24N4O4S/c1-12-15(13(2)25-20-12)26(23,24)21-9-5-6-14(10-21)16(22)19-17(11-18)7-3-4-8-17/h14H,3-10H2,1-2H3,(H,19,22). The maximum atomic E-state index is 13.0. The fourth-order valence-electron chi connectivity index (χ4n) is 3.93. The lowest BCUT2D eigenvalue weighted by Gasteiger charge is -2.33. The molecule has 0 aromatic carbocycles. The third-order valence-electron chi connectivity index (χ3n) is 5.35. The van der Waals surface area contributed by atoms with E-state index in [-0.39, 0.29) is 23.1 Å². The third-order valence-corrected chi connectivity index (χ3v) is 7.46.